The van der Waals surface area contributed by atoms with E-state index in [9.17, 15) is 9.90 Å². The van der Waals surface area contributed by atoms with E-state index in [1.807, 2.05) is 30.3 Å². The van der Waals surface area contributed by atoms with Crippen LogP contribution in [-0.2, 0) is 30.6 Å². The number of aryl methyl sites for hydroxylation is 1. The Bertz CT molecular complexity index is 1740. The monoisotopic (exact) mass is 680 g/mol. The molecule has 1 aliphatic heterocycles. The van der Waals surface area contributed by atoms with Crippen LogP contribution < -0.4 is 14.9 Å². The Balaban J connectivity index is 1.45. The van der Waals surface area contributed by atoms with Crippen molar-refractivity contribution in [2.24, 2.45) is 0 Å². The van der Waals surface area contributed by atoms with Crippen LogP contribution in [-0.4, -0.2) is 80.2 Å². The molecular formula is C29H35ClFN6O6PS. The first-order valence-electron chi connectivity index (χ1n) is 14.3. The molecule has 0 spiro atoms. The second-order valence-corrected chi connectivity index (χ2v) is 14.4. The number of hydrogen-bond donors (Lipinski definition) is 3. The Morgan fingerprint density at radius 1 is 1.24 bits per heavy atom. The number of aliphatic hydroxyl groups is 1. The molecular weight excluding hydrogens is 646 g/mol. The molecule has 0 saturated carbocycles. The first-order valence-corrected chi connectivity index (χ1v) is 17.4. The van der Waals surface area contributed by atoms with E-state index >= 15 is 4.39 Å². The van der Waals surface area contributed by atoms with Gasteiger partial charge in [0.2, 0.25) is 0 Å². The zero-order chi connectivity index (χ0) is 32.5. The van der Waals surface area contributed by atoms with Gasteiger partial charge in [0.25, 0.3) is 0 Å². The Kier molecular flexibility index (Phi) is 9.95. The van der Waals surface area contributed by atoms with E-state index < -0.39 is 49.4 Å². The van der Waals surface area contributed by atoms with Crippen molar-refractivity contribution in [1.29, 1.82) is 0 Å². The van der Waals surface area contributed by atoms with Crippen molar-refractivity contribution >= 4 is 63.8 Å². The third-order valence-corrected chi connectivity index (χ3v) is 10.2. The predicted octanol–water partition coefficient (Wildman–Crippen LogP) is 4.78. The maximum atomic E-state index is 15.9. The number of esters is 1. The highest BCUT2D eigenvalue weighted by Gasteiger charge is 2.57. The van der Waals surface area contributed by atoms with Crippen LogP contribution in [0.1, 0.15) is 32.8 Å². The van der Waals surface area contributed by atoms with Gasteiger partial charge >= 0.3 is 12.6 Å². The number of rotatable bonds is 12. The molecule has 45 heavy (non-hydrogen) atoms. The van der Waals surface area contributed by atoms with E-state index in [2.05, 4.69) is 25.4 Å². The lowest BCUT2D eigenvalue weighted by atomic mass is 9.99. The first-order chi connectivity index (χ1) is 21.4. The van der Waals surface area contributed by atoms with Crippen LogP contribution in [0.2, 0.25) is 0 Å². The van der Waals surface area contributed by atoms with E-state index in [1.54, 1.807) is 46.9 Å². The van der Waals surface area contributed by atoms with Crippen LogP contribution in [0.3, 0.4) is 0 Å². The molecule has 242 valence electrons. The molecule has 0 bridgehead atoms. The lowest BCUT2D eigenvalue weighted by Gasteiger charge is -2.33. The summed E-state index contributed by atoms with van der Waals surface area (Å²) in [7, 11) is 1.69. The number of imidazole rings is 1. The van der Waals surface area contributed by atoms with Gasteiger partial charge in [0.15, 0.2) is 29.4 Å². The number of ether oxygens (including phenoxy) is 2. The van der Waals surface area contributed by atoms with Crippen molar-refractivity contribution in [1.82, 2.24) is 24.6 Å². The summed E-state index contributed by atoms with van der Waals surface area (Å²) in [6.45, 7) is 2.62. The van der Waals surface area contributed by atoms with Crippen LogP contribution in [0.5, 0.6) is 5.75 Å². The number of alkyl halides is 2. The molecule has 3 N–H and O–H groups in total. The molecule has 3 heterocycles. The quantitative estimate of drug-likeness (QED) is 0.108. The number of aliphatic hydroxyl groups excluding tert-OH is 1. The summed E-state index contributed by atoms with van der Waals surface area (Å²) >= 11 is 12.3. The Hall–Kier alpha value is -2.97. The number of hydrogen-bond acceptors (Lipinski definition) is 11. The van der Waals surface area contributed by atoms with Crippen LogP contribution in [0.4, 0.5) is 10.2 Å². The average molecular weight is 681 g/mol. The molecule has 0 radical (unpaired) electrons. The summed E-state index contributed by atoms with van der Waals surface area (Å²) in [4.78, 5) is 25.8. The molecule has 1 unspecified atom stereocenters. The summed E-state index contributed by atoms with van der Waals surface area (Å²) in [6, 6.07) is 12.0. The van der Waals surface area contributed by atoms with Gasteiger partial charge < -0.3 is 28.9 Å². The third kappa shape index (κ3) is 6.78. The van der Waals surface area contributed by atoms with Gasteiger partial charge in [-0.15, -0.1) is 11.6 Å². The fraction of sp³-hybridized carbons (Fsp3) is 0.448. The number of anilines is 1. The van der Waals surface area contributed by atoms with E-state index in [0.717, 1.165) is 10.8 Å². The smallest absolute Gasteiger partial charge is 0.323 e. The number of halogens is 2. The molecule has 0 aliphatic carbocycles. The minimum absolute atomic E-state index is 0.307. The second-order valence-electron chi connectivity index (χ2n) is 11.0. The van der Waals surface area contributed by atoms with Crippen molar-refractivity contribution in [2.45, 2.75) is 63.9 Å². The molecule has 6 atom stereocenters. The zero-order valence-electron chi connectivity index (χ0n) is 25.3. The van der Waals surface area contributed by atoms with E-state index in [1.165, 1.54) is 10.9 Å². The van der Waals surface area contributed by atoms with Crippen molar-refractivity contribution in [3.8, 4) is 5.75 Å². The highest BCUT2D eigenvalue weighted by atomic mass is 35.5. The standard InChI is InChI=1S/C29H35ClFN6O6PS/c1-16(2)41-28(39)17(3)36-44(45,43-21-12-8-10-19-9-6-7-11-20(19)21)40-14-29(13-30)24(38)22(31)27(42-29)37-15-33-23-25(32-5)34-18(4)35-26(23)37/h6-12,15-17,22,24,27,38H,13-14H2,1-5H3,(H,36,45)(H,32,34,35)/t17-,22-,24-,27+,29+,44?/m0/s1. The van der Waals surface area contributed by atoms with Gasteiger partial charge in [-0.1, -0.05) is 36.4 Å². The SMILES string of the molecule is CNc1nc(C)nc2c1ncn2[C@@H]1O[C@](CCl)(COP(=S)(N[C@@H](C)C(=O)OC(C)C)Oc2cccc3ccccc23)[C@@H](O)[C@@H]1F. The summed E-state index contributed by atoms with van der Waals surface area (Å²) in [5.41, 5.74) is -1.05. The van der Waals surface area contributed by atoms with Gasteiger partial charge in [-0.05, 0) is 51.0 Å². The number of carbonyl (C=O) groups is 1. The molecule has 1 fully saturated rings. The van der Waals surface area contributed by atoms with Crippen molar-refractivity contribution in [2.75, 3.05) is 24.9 Å². The Morgan fingerprint density at radius 3 is 2.69 bits per heavy atom. The molecule has 12 nitrogen and oxygen atoms in total. The summed E-state index contributed by atoms with van der Waals surface area (Å²) in [5.74, 6) is 0.365. The minimum Gasteiger partial charge on any atom is -0.462 e. The lowest BCUT2D eigenvalue weighted by Crippen LogP contribution is -2.48. The fourth-order valence-electron chi connectivity index (χ4n) is 5.00. The fourth-order valence-corrected chi connectivity index (χ4v) is 7.74. The van der Waals surface area contributed by atoms with Gasteiger partial charge in [-0.25, -0.2) is 24.4 Å². The number of nitrogens with zero attached hydrogens (tertiary/aromatic N) is 4. The Labute approximate surface area is 269 Å². The van der Waals surface area contributed by atoms with Gasteiger partial charge in [0.05, 0.1) is 24.9 Å². The largest absolute Gasteiger partial charge is 0.462 e. The van der Waals surface area contributed by atoms with E-state index in [4.69, 9.17) is 41.9 Å². The molecule has 1 saturated heterocycles. The van der Waals surface area contributed by atoms with Gasteiger partial charge in [-0.3, -0.25) is 9.36 Å². The first kappa shape index (κ1) is 33.4. The van der Waals surface area contributed by atoms with Crippen molar-refractivity contribution < 1.29 is 32.8 Å². The summed E-state index contributed by atoms with van der Waals surface area (Å²) in [5, 5.41) is 18.8. The summed E-state index contributed by atoms with van der Waals surface area (Å²) in [6.07, 6.45) is -4.02. The number of carbonyl (C=O) groups excluding carboxylic acids is 1. The Morgan fingerprint density at radius 2 is 1.98 bits per heavy atom. The van der Waals surface area contributed by atoms with Gasteiger partial charge in [-0.2, -0.15) is 0 Å². The van der Waals surface area contributed by atoms with Crippen molar-refractivity contribution in [3.63, 3.8) is 0 Å². The van der Waals surface area contributed by atoms with Crippen molar-refractivity contribution in [3.05, 3.63) is 54.6 Å². The normalized spacial score (nSPS) is 23.7. The summed E-state index contributed by atoms with van der Waals surface area (Å²) < 4.78 is 41.3. The maximum absolute atomic E-state index is 15.9. The molecule has 2 aromatic heterocycles. The second kappa shape index (κ2) is 13.4. The van der Waals surface area contributed by atoms with Crippen LogP contribution in [0.25, 0.3) is 21.9 Å². The van der Waals surface area contributed by atoms with Crippen LogP contribution in [0, 0.1) is 6.92 Å². The number of nitrogens with one attached hydrogen (secondary N) is 2. The van der Waals surface area contributed by atoms with E-state index in [0.29, 0.717) is 28.6 Å². The van der Waals surface area contributed by atoms with E-state index in [-0.39, 0.29) is 12.0 Å². The zero-order valence-corrected chi connectivity index (χ0v) is 27.8. The van der Waals surface area contributed by atoms with Crippen LogP contribution in [0.15, 0.2) is 48.8 Å². The highest BCUT2D eigenvalue weighted by Crippen LogP contribution is 2.50. The highest BCUT2D eigenvalue weighted by molar-refractivity contribution is 8.09. The molecule has 1 aliphatic rings. The van der Waals surface area contributed by atoms with Gasteiger partial charge in [0.1, 0.15) is 29.3 Å². The molecule has 5 rings (SSSR count). The molecule has 0 amide bonds. The number of aromatic nitrogens is 4. The predicted molar refractivity (Wildman–Crippen MR) is 173 cm³/mol. The van der Waals surface area contributed by atoms with Crippen LogP contribution >= 0.6 is 18.2 Å². The molecule has 16 heteroatoms. The average Bonchev–Trinajstić information content (AvgIpc) is 3.54. The maximum Gasteiger partial charge on any atom is 0.323 e. The topological polar surface area (TPSA) is 142 Å². The third-order valence-electron chi connectivity index (χ3n) is 7.24. The lowest BCUT2D eigenvalue weighted by molar-refractivity contribution is -0.149. The van der Waals surface area contributed by atoms with Gasteiger partial charge in [0, 0.05) is 12.4 Å². The number of benzene rings is 2. The minimum atomic E-state index is -3.63. The molecule has 2 aromatic carbocycles. The number of fused-ring (bicyclic) bond motifs is 2. The molecule has 4 aromatic rings.